The first-order chi connectivity index (χ1) is 10.1. The molecule has 1 aliphatic rings. The van der Waals surface area contributed by atoms with Crippen LogP contribution < -0.4 is 5.32 Å². The third-order valence-corrected chi connectivity index (χ3v) is 4.51. The average molecular weight is 295 g/mol. The molecule has 4 heteroatoms. The van der Waals surface area contributed by atoms with E-state index in [0.29, 0.717) is 12.1 Å². The minimum atomic E-state index is -0.359. The van der Waals surface area contributed by atoms with Crippen LogP contribution in [0.15, 0.2) is 0 Å². The Bertz CT molecular complexity index is 320. The SMILES string of the molecule is CCC(CC)N(CCCC(C)(C#N)NC1CC1)CCOC. The molecule has 1 aliphatic carbocycles. The third kappa shape index (κ3) is 6.78. The molecule has 0 spiro atoms. The summed E-state index contributed by atoms with van der Waals surface area (Å²) in [5.74, 6) is 0. The van der Waals surface area contributed by atoms with Gasteiger partial charge in [-0.3, -0.25) is 10.2 Å². The van der Waals surface area contributed by atoms with Crippen LogP contribution >= 0.6 is 0 Å². The lowest BCUT2D eigenvalue weighted by atomic mass is 9.97. The molecule has 1 atom stereocenters. The van der Waals surface area contributed by atoms with E-state index in [-0.39, 0.29) is 5.54 Å². The molecular formula is C17H33N3O. The van der Waals surface area contributed by atoms with Crippen molar-refractivity contribution in [3.8, 4) is 6.07 Å². The molecule has 1 fully saturated rings. The van der Waals surface area contributed by atoms with Crippen LogP contribution in [0.5, 0.6) is 0 Å². The summed E-state index contributed by atoms with van der Waals surface area (Å²) in [5, 5.41) is 12.9. The Morgan fingerprint density at radius 3 is 2.48 bits per heavy atom. The normalized spacial score (nSPS) is 18.0. The Morgan fingerprint density at radius 1 is 1.33 bits per heavy atom. The standard InChI is InChI=1S/C17H33N3O/c1-5-16(6-2)20(12-13-21-4)11-7-10-17(3,14-18)19-15-8-9-15/h15-16,19H,5-13H2,1-4H3. The van der Waals surface area contributed by atoms with Crippen molar-refractivity contribution in [2.75, 3.05) is 26.8 Å². The number of nitrogens with one attached hydrogen (secondary N) is 1. The fraction of sp³-hybridized carbons (Fsp3) is 0.941. The lowest BCUT2D eigenvalue weighted by Gasteiger charge is -2.31. The number of hydrogen-bond acceptors (Lipinski definition) is 4. The van der Waals surface area contributed by atoms with E-state index in [9.17, 15) is 5.26 Å². The lowest BCUT2D eigenvalue weighted by Crippen LogP contribution is -2.44. The van der Waals surface area contributed by atoms with Crippen LogP contribution in [0.4, 0.5) is 0 Å². The molecule has 0 aromatic carbocycles. The molecule has 4 nitrogen and oxygen atoms in total. The highest BCUT2D eigenvalue weighted by Gasteiger charge is 2.32. The molecule has 122 valence electrons. The van der Waals surface area contributed by atoms with Crippen LogP contribution in [-0.4, -0.2) is 49.3 Å². The van der Waals surface area contributed by atoms with Crippen LogP contribution in [0, 0.1) is 11.3 Å². The van der Waals surface area contributed by atoms with Gasteiger partial charge in [0.1, 0.15) is 5.54 Å². The summed E-state index contributed by atoms with van der Waals surface area (Å²) in [6.07, 6.45) is 6.79. The molecule has 0 radical (unpaired) electrons. The van der Waals surface area contributed by atoms with E-state index in [2.05, 4.69) is 30.1 Å². The van der Waals surface area contributed by atoms with Gasteiger partial charge in [0.2, 0.25) is 0 Å². The molecule has 0 aliphatic heterocycles. The first kappa shape index (κ1) is 18.4. The lowest BCUT2D eigenvalue weighted by molar-refractivity contribution is 0.112. The van der Waals surface area contributed by atoms with Crippen molar-refractivity contribution in [2.24, 2.45) is 0 Å². The van der Waals surface area contributed by atoms with Crippen LogP contribution in [-0.2, 0) is 4.74 Å². The Balaban J connectivity index is 2.41. The fourth-order valence-corrected chi connectivity index (χ4v) is 2.96. The number of rotatable bonds is 12. The van der Waals surface area contributed by atoms with Gasteiger partial charge >= 0.3 is 0 Å². The first-order valence-corrected chi connectivity index (χ1v) is 8.50. The molecule has 0 saturated heterocycles. The van der Waals surface area contributed by atoms with Crippen LogP contribution in [0.25, 0.3) is 0 Å². The van der Waals surface area contributed by atoms with Crippen molar-refractivity contribution in [1.82, 2.24) is 10.2 Å². The van der Waals surface area contributed by atoms with Gasteiger partial charge in [-0.05, 0) is 52.0 Å². The number of nitriles is 1. The minimum absolute atomic E-state index is 0.359. The molecule has 0 amide bonds. The Labute approximate surface area is 130 Å². The van der Waals surface area contributed by atoms with Crippen LogP contribution in [0.2, 0.25) is 0 Å². The molecule has 1 unspecified atom stereocenters. The van der Waals surface area contributed by atoms with Crippen LogP contribution in [0.3, 0.4) is 0 Å². The van der Waals surface area contributed by atoms with Crippen molar-refractivity contribution in [1.29, 1.82) is 5.26 Å². The van der Waals surface area contributed by atoms with Crippen molar-refractivity contribution in [3.63, 3.8) is 0 Å². The van der Waals surface area contributed by atoms with Crippen LogP contribution in [0.1, 0.15) is 59.3 Å². The molecule has 1 saturated carbocycles. The Hall–Kier alpha value is -0.630. The molecular weight excluding hydrogens is 262 g/mol. The molecule has 1 rings (SSSR count). The second-order valence-electron chi connectivity index (χ2n) is 6.47. The van der Waals surface area contributed by atoms with Gasteiger partial charge in [-0.15, -0.1) is 0 Å². The van der Waals surface area contributed by atoms with E-state index in [4.69, 9.17) is 4.74 Å². The molecule has 0 bridgehead atoms. The molecule has 0 aromatic heterocycles. The highest BCUT2D eigenvalue weighted by Crippen LogP contribution is 2.24. The summed E-state index contributed by atoms with van der Waals surface area (Å²) in [4.78, 5) is 2.53. The number of methoxy groups -OCH3 is 1. The van der Waals surface area contributed by atoms with Gasteiger partial charge in [0.05, 0.1) is 12.7 Å². The van der Waals surface area contributed by atoms with Gasteiger partial charge in [-0.2, -0.15) is 5.26 Å². The van der Waals surface area contributed by atoms with Gasteiger partial charge in [0.15, 0.2) is 0 Å². The van der Waals surface area contributed by atoms with E-state index >= 15 is 0 Å². The van der Waals surface area contributed by atoms with E-state index in [1.807, 2.05) is 6.92 Å². The summed E-state index contributed by atoms with van der Waals surface area (Å²) >= 11 is 0. The van der Waals surface area contributed by atoms with Gasteiger partial charge in [-0.25, -0.2) is 0 Å². The fourth-order valence-electron chi connectivity index (χ4n) is 2.96. The maximum absolute atomic E-state index is 9.42. The summed E-state index contributed by atoms with van der Waals surface area (Å²) in [6, 6.07) is 3.68. The smallest absolute Gasteiger partial charge is 0.104 e. The molecule has 0 aromatic rings. The predicted molar refractivity (Wildman–Crippen MR) is 87.2 cm³/mol. The molecule has 21 heavy (non-hydrogen) atoms. The Morgan fingerprint density at radius 2 is 2.00 bits per heavy atom. The summed E-state index contributed by atoms with van der Waals surface area (Å²) in [6.45, 7) is 9.37. The maximum Gasteiger partial charge on any atom is 0.104 e. The highest BCUT2D eigenvalue weighted by atomic mass is 16.5. The van der Waals surface area contributed by atoms with Crippen molar-refractivity contribution in [3.05, 3.63) is 0 Å². The van der Waals surface area contributed by atoms with Crippen molar-refractivity contribution in [2.45, 2.75) is 76.9 Å². The zero-order valence-corrected chi connectivity index (χ0v) is 14.3. The van der Waals surface area contributed by atoms with Crippen molar-refractivity contribution >= 4 is 0 Å². The predicted octanol–water partition coefficient (Wildman–Crippen LogP) is 2.94. The first-order valence-electron chi connectivity index (χ1n) is 8.50. The summed E-state index contributed by atoms with van der Waals surface area (Å²) in [7, 11) is 1.76. The van der Waals surface area contributed by atoms with E-state index in [1.54, 1.807) is 7.11 Å². The second kappa shape index (κ2) is 9.40. The van der Waals surface area contributed by atoms with Crippen molar-refractivity contribution < 1.29 is 4.74 Å². The monoisotopic (exact) mass is 295 g/mol. The quantitative estimate of drug-likeness (QED) is 0.601. The van der Waals surface area contributed by atoms with Gasteiger partial charge in [0.25, 0.3) is 0 Å². The minimum Gasteiger partial charge on any atom is -0.383 e. The Kier molecular flexibility index (Phi) is 8.24. The number of ether oxygens (including phenoxy) is 1. The average Bonchev–Trinajstić information content (AvgIpc) is 3.29. The second-order valence-corrected chi connectivity index (χ2v) is 6.47. The summed E-state index contributed by atoms with van der Waals surface area (Å²) in [5.41, 5.74) is -0.359. The third-order valence-electron chi connectivity index (χ3n) is 4.51. The number of hydrogen-bond donors (Lipinski definition) is 1. The zero-order chi connectivity index (χ0) is 15.7. The highest BCUT2D eigenvalue weighted by molar-refractivity contribution is 5.07. The summed E-state index contributed by atoms with van der Waals surface area (Å²) < 4.78 is 5.23. The van der Waals surface area contributed by atoms with E-state index < -0.39 is 0 Å². The van der Waals surface area contributed by atoms with Gasteiger partial charge in [0, 0.05) is 25.7 Å². The molecule has 1 N–H and O–H groups in total. The maximum atomic E-state index is 9.42. The topological polar surface area (TPSA) is 48.3 Å². The number of nitrogens with zero attached hydrogens (tertiary/aromatic N) is 2. The van der Waals surface area contributed by atoms with E-state index in [1.165, 1.54) is 25.7 Å². The largest absolute Gasteiger partial charge is 0.383 e. The van der Waals surface area contributed by atoms with Gasteiger partial charge < -0.3 is 4.74 Å². The van der Waals surface area contributed by atoms with Gasteiger partial charge in [-0.1, -0.05) is 13.8 Å². The molecule has 0 heterocycles. The van der Waals surface area contributed by atoms with E-state index in [0.717, 1.165) is 32.5 Å². The zero-order valence-electron chi connectivity index (χ0n) is 14.3.